The fraction of sp³-hybridized carbons (Fsp3) is 0.846. The lowest BCUT2D eigenvalue weighted by Gasteiger charge is -2.30. The van der Waals surface area contributed by atoms with Gasteiger partial charge in [0, 0.05) is 13.1 Å². The van der Waals surface area contributed by atoms with E-state index in [4.69, 9.17) is 4.74 Å². The zero-order valence-corrected chi connectivity index (χ0v) is 12.3. The fourth-order valence-corrected chi connectivity index (χ4v) is 2.57. The molecule has 0 spiro atoms. The number of piperidine rings is 1. The van der Waals surface area contributed by atoms with Crippen LogP contribution in [0.2, 0.25) is 0 Å². The standard InChI is InChI=1S/C13H23N5O2/c1-3-7-18-12(14-15-16-18)10-17-8-5-6-11(9-17)13(19)20-4-2/h11H,3-10H2,1-2H3. The van der Waals surface area contributed by atoms with Crippen molar-refractivity contribution in [2.45, 2.75) is 46.2 Å². The Morgan fingerprint density at radius 2 is 2.30 bits per heavy atom. The third-order valence-electron chi connectivity index (χ3n) is 3.53. The molecule has 0 saturated carbocycles. The van der Waals surface area contributed by atoms with E-state index in [9.17, 15) is 4.79 Å². The highest BCUT2D eigenvalue weighted by Crippen LogP contribution is 2.19. The molecule has 1 saturated heterocycles. The van der Waals surface area contributed by atoms with Gasteiger partial charge in [0.25, 0.3) is 0 Å². The molecular formula is C13H23N5O2. The van der Waals surface area contributed by atoms with Crippen LogP contribution in [0.3, 0.4) is 0 Å². The van der Waals surface area contributed by atoms with Crippen molar-refractivity contribution in [3.8, 4) is 0 Å². The van der Waals surface area contributed by atoms with Crippen LogP contribution < -0.4 is 0 Å². The summed E-state index contributed by atoms with van der Waals surface area (Å²) in [6.07, 6.45) is 2.93. The molecule has 1 aliphatic rings. The van der Waals surface area contributed by atoms with Gasteiger partial charge in [-0.05, 0) is 43.2 Å². The summed E-state index contributed by atoms with van der Waals surface area (Å²) in [6, 6.07) is 0. The normalized spacial score (nSPS) is 20.0. The minimum absolute atomic E-state index is 0.0146. The molecule has 1 aromatic heterocycles. The molecule has 2 heterocycles. The number of carbonyl (C=O) groups excluding carboxylic acids is 1. The summed E-state index contributed by atoms with van der Waals surface area (Å²) in [5, 5.41) is 11.8. The first kappa shape index (κ1) is 14.9. The van der Waals surface area contributed by atoms with Crippen molar-refractivity contribution in [1.29, 1.82) is 0 Å². The predicted octanol–water partition coefficient (Wildman–Crippen LogP) is 0.858. The van der Waals surface area contributed by atoms with Crippen LogP contribution in [-0.2, 0) is 22.6 Å². The molecule has 0 radical (unpaired) electrons. The van der Waals surface area contributed by atoms with Crippen molar-refractivity contribution < 1.29 is 9.53 Å². The van der Waals surface area contributed by atoms with Crippen LogP contribution in [-0.4, -0.2) is 50.8 Å². The number of carbonyl (C=O) groups is 1. The molecule has 1 atom stereocenters. The Bertz CT molecular complexity index is 434. The number of rotatable bonds is 6. The Hall–Kier alpha value is -1.50. The second-order valence-electron chi connectivity index (χ2n) is 5.14. The van der Waals surface area contributed by atoms with Crippen molar-refractivity contribution in [3.63, 3.8) is 0 Å². The lowest BCUT2D eigenvalue weighted by molar-refractivity contribution is -0.150. The quantitative estimate of drug-likeness (QED) is 0.720. The van der Waals surface area contributed by atoms with Crippen molar-refractivity contribution in [3.05, 3.63) is 5.82 Å². The summed E-state index contributed by atoms with van der Waals surface area (Å²) in [5.74, 6) is 0.779. The zero-order valence-electron chi connectivity index (χ0n) is 12.3. The van der Waals surface area contributed by atoms with E-state index in [1.165, 1.54) is 0 Å². The van der Waals surface area contributed by atoms with Crippen molar-refractivity contribution in [2.24, 2.45) is 5.92 Å². The lowest BCUT2D eigenvalue weighted by atomic mass is 9.98. The molecule has 1 aromatic rings. The van der Waals surface area contributed by atoms with Gasteiger partial charge in [0.15, 0.2) is 5.82 Å². The molecule has 7 heteroatoms. The summed E-state index contributed by atoms with van der Waals surface area (Å²) in [6.45, 7) is 7.64. The molecule has 112 valence electrons. The SMILES string of the molecule is CCCn1nnnc1CN1CCCC(C(=O)OCC)C1. The number of aromatic nitrogens is 4. The van der Waals surface area contributed by atoms with Crippen LogP contribution >= 0.6 is 0 Å². The molecule has 0 amide bonds. The van der Waals surface area contributed by atoms with E-state index >= 15 is 0 Å². The third-order valence-corrected chi connectivity index (χ3v) is 3.53. The number of hydrogen-bond donors (Lipinski definition) is 0. The first-order chi connectivity index (χ1) is 9.74. The Kier molecular flexibility index (Phi) is 5.46. The Labute approximate surface area is 119 Å². The summed E-state index contributed by atoms with van der Waals surface area (Å²) in [4.78, 5) is 14.1. The molecule has 0 N–H and O–H groups in total. The average Bonchev–Trinajstić information content (AvgIpc) is 2.87. The van der Waals surface area contributed by atoms with Gasteiger partial charge in [-0.2, -0.15) is 0 Å². The Morgan fingerprint density at radius 3 is 3.05 bits per heavy atom. The molecule has 1 aliphatic heterocycles. The average molecular weight is 281 g/mol. The second-order valence-corrected chi connectivity index (χ2v) is 5.14. The van der Waals surface area contributed by atoms with E-state index < -0.39 is 0 Å². The summed E-state index contributed by atoms with van der Waals surface area (Å²) in [5.41, 5.74) is 0. The van der Waals surface area contributed by atoms with E-state index in [0.717, 1.165) is 44.7 Å². The predicted molar refractivity (Wildman–Crippen MR) is 72.7 cm³/mol. The summed E-state index contributed by atoms with van der Waals surface area (Å²) < 4.78 is 6.96. The van der Waals surface area contributed by atoms with Gasteiger partial charge in [-0.25, -0.2) is 4.68 Å². The number of hydrogen-bond acceptors (Lipinski definition) is 6. The van der Waals surface area contributed by atoms with Gasteiger partial charge in [0.05, 0.1) is 19.1 Å². The van der Waals surface area contributed by atoms with Crippen LogP contribution in [0, 0.1) is 5.92 Å². The third kappa shape index (κ3) is 3.75. The van der Waals surface area contributed by atoms with Crippen LogP contribution in [0.25, 0.3) is 0 Å². The highest BCUT2D eigenvalue weighted by molar-refractivity contribution is 5.72. The van der Waals surface area contributed by atoms with Crippen molar-refractivity contribution >= 4 is 5.97 Å². The van der Waals surface area contributed by atoms with Gasteiger partial charge >= 0.3 is 5.97 Å². The minimum atomic E-state index is -0.0784. The number of likely N-dealkylation sites (tertiary alicyclic amines) is 1. The van der Waals surface area contributed by atoms with E-state index in [1.54, 1.807) is 0 Å². The van der Waals surface area contributed by atoms with Gasteiger partial charge in [0.1, 0.15) is 0 Å². The summed E-state index contributed by atoms with van der Waals surface area (Å²) in [7, 11) is 0. The monoisotopic (exact) mass is 281 g/mol. The number of esters is 1. The Balaban J connectivity index is 1.92. The zero-order chi connectivity index (χ0) is 14.4. The topological polar surface area (TPSA) is 73.1 Å². The molecule has 1 unspecified atom stereocenters. The number of ether oxygens (including phenoxy) is 1. The highest BCUT2D eigenvalue weighted by atomic mass is 16.5. The molecule has 1 fully saturated rings. The number of aryl methyl sites for hydroxylation is 1. The summed E-state index contributed by atoms with van der Waals surface area (Å²) >= 11 is 0. The van der Waals surface area contributed by atoms with E-state index in [-0.39, 0.29) is 11.9 Å². The van der Waals surface area contributed by atoms with Gasteiger partial charge < -0.3 is 4.74 Å². The first-order valence-corrected chi connectivity index (χ1v) is 7.38. The van der Waals surface area contributed by atoms with Crippen LogP contribution in [0.15, 0.2) is 0 Å². The molecule has 20 heavy (non-hydrogen) atoms. The van der Waals surface area contributed by atoms with E-state index in [2.05, 4.69) is 27.3 Å². The molecule has 2 rings (SSSR count). The van der Waals surface area contributed by atoms with Gasteiger partial charge in [-0.1, -0.05) is 6.92 Å². The van der Waals surface area contributed by atoms with E-state index in [0.29, 0.717) is 13.2 Å². The smallest absolute Gasteiger partial charge is 0.310 e. The van der Waals surface area contributed by atoms with Gasteiger partial charge in [0.2, 0.25) is 0 Å². The van der Waals surface area contributed by atoms with Crippen molar-refractivity contribution in [1.82, 2.24) is 25.1 Å². The maximum atomic E-state index is 11.8. The maximum Gasteiger partial charge on any atom is 0.310 e. The molecular weight excluding hydrogens is 258 g/mol. The van der Waals surface area contributed by atoms with Crippen LogP contribution in [0.1, 0.15) is 38.9 Å². The maximum absolute atomic E-state index is 11.8. The van der Waals surface area contributed by atoms with Crippen LogP contribution in [0.4, 0.5) is 0 Å². The molecule has 7 nitrogen and oxygen atoms in total. The van der Waals surface area contributed by atoms with Gasteiger partial charge in [-0.3, -0.25) is 9.69 Å². The number of nitrogens with zero attached hydrogens (tertiary/aromatic N) is 5. The van der Waals surface area contributed by atoms with Crippen LogP contribution in [0.5, 0.6) is 0 Å². The Morgan fingerprint density at radius 1 is 1.45 bits per heavy atom. The largest absolute Gasteiger partial charge is 0.466 e. The fourth-order valence-electron chi connectivity index (χ4n) is 2.57. The molecule has 0 aliphatic carbocycles. The molecule has 0 bridgehead atoms. The lowest BCUT2D eigenvalue weighted by Crippen LogP contribution is -2.39. The molecule has 0 aromatic carbocycles. The minimum Gasteiger partial charge on any atom is -0.466 e. The number of tetrazole rings is 1. The van der Waals surface area contributed by atoms with E-state index in [1.807, 2.05) is 11.6 Å². The first-order valence-electron chi connectivity index (χ1n) is 7.38. The highest BCUT2D eigenvalue weighted by Gasteiger charge is 2.27. The van der Waals surface area contributed by atoms with Crippen molar-refractivity contribution in [2.75, 3.05) is 19.7 Å². The second kappa shape index (κ2) is 7.33. The van der Waals surface area contributed by atoms with Gasteiger partial charge in [-0.15, -0.1) is 5.10 Å².